The molecule has 3 nitrogen and oxygen atoms in total. The van der Waals surface area contributed by atoms with Gasteiger partial charge in [0.05, 0.1) is 0 Å². The Morgan fingerprint density at radius 1 is 0.821 bits per heavy atom. The minimum atomic E-state index is -0.227. The average Bonchev–Trinajstić information content (AvgIpc) is 2.74. The van der Waals surface area contributed by atoms with Crippen molar-refractivity contribution in [2.45, 2.75) is 19.4 Å². The number of halogens is 1. The number of hydrogen-bond donors (Lipinski definition) is 0. The van der Waals surface area contributed by atoms with Gasteiger partial charge < -0.3 is 4.90 Å². The molecule has 1 fully saturated rings. The second-order valence-electron chi connectivity index (χ2n) is 7.39. The average molecular weight is 376 g/mol. The Morgan fingerprint density at radius 3 is 2.32 bits per heavy atom. The zero-order chi connectivity index (χ0) is 19.3. The van der Waals surface area contributed by atoms with Crippen LogP contribution in [-0.4, -0.2) is 41.9 Å². The van der Waals surface area contributed by atoms with Crippen LogP contribution < -0.4 is 0 Å². The maximum absolute atomic E-state index is 13.7. The largest absolute Gasteiger partial charge is 0.340 e. The smallest absolute Gasteiger partial charge is 0.222 e. The Morgan fingerprint density at radius 2 is 1.50 bits per heavy atom. The number of carbonyl (C=O) groups is 1. The van der Waals surface area contributed by atoms with Gasteiger partial charge in [0.1, 0.15) is 5.82 Å². The second-order valence-corrected chi connectivity index (χ2v) is 7.39. The summed E-state index contributed by atoms with van der Waals surface area (Å²) in [5.41, 5.74) is 1.95. The van der Waals surface area contributed by atoms with E-state index >= 15 is 0 Å². The standard InChI is InChI=1S/C24H25FN2O/c25-23-11-4-2-7-20(23)12-13-24(28)27-16-14-26(15-17-27)18-21-9-5-8-19-6-1-3-10-22(19)21/h1-11H,12-18H2. The molecular formula is C24H25FN2O. The molecule has 0 unspecified atom stereocenters. The van der Waals surface area contributed by atoms with Crippen LogP contribution in [0.3, 0.4) is 0 Å². The van der Waals surface area contributed by atoms with Crippen molar-refractivity contribution in [3.05, 3.63) is 83.7 Å². The minimum absolute atomic E-state index is 0.119. The summed E-state index contributed by atoms with van der Waals surface area (Å²) in [6.07, 6.45) is 0.825. The zero-order valence-electron chi connectivity index (χ0n) is 16.0. The Balaban J connectivity index is 1.30. The van der Waals surface area contributed by atoms with Crippen LogP contribution in [0.2, 0.25) is 0 Å². The third-order valence-corrected chi connectivity index (χ3v) is 5.56. The van der Waals surface area contributed by atoms with E-state index in [1.54, 1.807) is 12.1 Å². The van der Waals surface area contributed by atoms with Gasteiger partial charge in [0.25, 0.3) is 0 Å². The number of amides is 1. The van der Waals surface area contributed by atoms with Gasteiger partial charge >= 0.3 is 0 Å². The van der Waals surface area contributed by atoms with Gasteiger partial charge in [-0.1, -0.05) is 60.7 Å². The first-order chi connectivity index (χ1) is 13.7. The number of fused-ring (bicyclic) bond motifs is 1. The molecule has 0 radical (unpaired) electrons. The van der Waals surface area contributed by atoms with Gasteiger partial charge in [-0.05, 0) is 34.4 Å². The maximum Gasteiger partial charge on any atom is 0.222 e. The molecule has 1 saturated heterocycles. The van der Waals surface area contributed by atoms with Crippen molar-refractivity contribution >= 4 is 16.7 Å². The van der Waals surface area contributed by atoms with Crippen LogP contribution in [0, 0.1) is 5.82 Å². The third kappa shape index (κ3) is 4.23. The summed E-state index contributed by atoms with van der Waals surface area (Å²) in [5, 5.41) is 2.57. The molecule has 0 bridgehead atoms. The fourth-order valence-corrected chi connectivity index (χ4v) is 3.93. The van der Waals surface area contributed by atoms with Gasteiger partial charge in [0.15, 0.2) is 0 Å². The van der Waals surface area contributed by atoms with Gasteiger partial charge in [0.2, 0.25) is 5.91 Å². The number of aryl methyl sites for hydroxylation is 1. The van der Waals surface area contributed by atoms with Crippen molar-refractivity contribution < 1.29 is 9.18 Å². The van der Waals surface area contributed by atoms with E-state index in [1.165, 1.54) is 22.4 Å². The summed E-state index contributed by atoms with van der Waals surface area (Å²) in [6, 6.07) is 21.6. The molecule has 1 aliphatic heterocycles. The lowest BCUT2D eigenvalue weighted by Crippen LogP contribution is -2.48. The predicted molar refractivity (Wildman–Crippen MR) is 111 cm³/mol. The van der Waals surface area contributed by atoms with Crippen LogP contribution >= 0.6 is 0 Å². The third-order valence-electron chi connectivity index (χ3n) is 5.56. The van der Waals surface area contributed by atoms with Crippen LogP contribution in [0.25, 0.3) is 10.8 Å². The molecular weight excluding hydrogens is 351 g/mol. The molecule has 3 aromatic carbocycles. The van der Waals surface area contributed by atoms with Crippen LogP contribution in [0.4, 0.5) is 4.39 Å². The highest BCUT2D eigenvalue weighted by atomic mass is 19.1. The van der Waals surface area contributed by atoms with Crippen LogP contribution in [0.15, 0.2) is 66.7 Å². The molecule has 4 rings (SSSR count). The van der Waals surface area contributed by atoms with E-state index in [-0.39, 0.29) is 11.7 Å². The molecule has 0 N–H and O–H groups in total. The van der Waals surface area contributed by atoms with Crippen LogP contribution in [-0.2, 0) is 17.8 Å². The Hall–Kier alpha value is -2.72. The van der Waals surface area contributed by atoms with Gasteiger partial charge in [-0.25, -0.2) is 4.39 Å². The molecule has 0 saturated carbocycles. The summed E-state index contributed by atoms with van der Waals surface area (Å²) < 4.78 is 13.7. The van der Waals surface area contributed by atoms with Gasteiger partial charge in [0, 0.05) is 39.1 Å². The Kier molecular flexibility index (Phi) is 5.68. The van der Waals surface area contributed by atoms with E-state index in [4.69, 9.17) is 0 Å². The van der Waals surface area contributed by atoms with Crippen molar-refractivity contribution in [3.63, 3.8) is 0 Å². The molecule has 4 heteroatoms. The Labute approximate surface area is 165 Å². The fourth-order valence-electron chi connectivity index (χ4n) is 3.93. The summed E-state index contributed by atoms with van der Waals surface area (Å²) in [6.45, 7) is 4.11. The molecule has 1 heterocycles. The SMILES string of the molecule is O=C(CCc1ccccc1F)N1CCN(Cc2cccc3ccccc23)CC1. The van der Waals surface area contributed by atoms with E-state index in [9.17, 15) is 9.18 Å². The fraction of sp³-hybridized carbons (Fsp3) is 0.292. The van der Waals surface area contributed by atoms with Crippen molar-refractivity contribution in [1.29, 1.82) is 0 Å². The van der Waals surface area contributed by atoms with Crippen molar-refractivity contribution in [3.8, 4) is 0 Å². The molecule has 0 aliphatic carbocycles. The van der Waals surface area contributed by atoms with Crippen LogP contribution in [0.1, 0.15) is 17.5 Å². The second kappa shape index (κ2) is 8.53. The topological polar surface area (TPSA) is 23.6 Å². The molecule has 3 aromatic rings. The minimum Gasteiger partial charge on any atom is -0.340 e. The highest BCUT2D eigenvalue weighted by Crippen LogP contribution is 2.21. The summed E-state index contributed by atoms with van der Waals surface area (Å²) in [7, 11) is 0. The highest BCUT2D eigenvalue weighted by Gasteiger charge is 2.21. The number of nitrogens with zero attached hydrogens (tertiary/aromatic N) is 2. The molecule has 1 amide bonds. The van der Waals surface area contributed by atoms with Gasteiger partial charge in [-0.2, -0.15) is 0 Å². The number of carbonyl (C=O) groups excluding carboxylic acids is 1. The van der Waals surface area contributed by atoms with Gasteiger partial charge in [-0.3, -0.25) is 9.69 Å². The number of rotatable bonds is 5. The first kappa shape index (κ1) is 18.6. The molecule has 28 heavy (non-hydrogen) atoms. The zero-order valence-corrected chi connectivity index (χ0v) is 16.0. The quantitative estimate of drug-likeness (QED) is 0.664. The maximum atomic E-state index is 13.7. The van der Waals surface area contributed by atoms with Crippen molar-refractivity contribution in [2.75, 3.05) is 26.2 Å². The van der Waals surface area contributed by atoms with E-state index < -0.39 is 0 Å². The lowest BCUT2D eigenvalue weighted by atomic mass is 10.0. The van der Waals surface area contributed by atoms with Crippen molar-refractivity contribution in [1.82, 2.24) is 9.80 Å². The molecule has 0 spiro atoms. The normalized spacial score (nSPS) is 15.1. The lowest BCUT2D eigenvalue weighted by molar-refractivity contribution is -0.133. The molecule has 0 aromatic heterocycles. The number of piperazine rings is 1. The first-order valence-electron chi connectivity index (χ1n) is 9.91. The predicted octanol–water partition coefficient (Wildman–Crippen LogP) is 4.26. The molecule has 1 aliphatic rings. The van der Waals surface area contributed by atoms with Crippen molar-refractivity contribution in [2.24, 2.45) is 0 Å². The molecule has 144 valence electrons. The monoisotopic (exact) mass is 376 g/mol. The number of hydrogen-bond acceptors (Lipinski definition) is 2. The van der Waals surface area contributed by atoms with Gasteiger partial charge in [-0.15, -0.1) is 0 Å². The number of benzene rings is 3. The first-order valence-corrected chi connectivity index (χ1v) is 9.91. The van der Waals surface area contributed by atoms with E-state index in [2.05, 4.69) is 47.4 Å². The van der Waals surface area contributed by atoms with E-state index in [1.807, 2.05) is 11.0 Å². The summed E-state index contributed by atoms with van der Waals surface area (Å²) in [4.78, 5) is 16.8. The van der Waals surface area contributed by atoms with Crippen LogP contribution in [0.5, 0.6) is 0 Å². The summed E-state index contributed by atoms with van der Waals surface area (Å²) in [5.74, 6) is -0.108. The van der Waals surface area contributed by atoms with E-state index in [0.29, 0.717) is 18.4 Å². The summed E-state index contributed by atoms with van der Waals surface area (Å²) >= 11 is 0. The highest BCUT2D eigenvalue weighted by molar-refractivity contribution is 5.85. The lowest BCUT2D eigenvalue weighted by Gasteiger charge is -2.35. The Bertz CT molecular complexity index is 958. The van der Waals surface area contributed by atoms with E-state index in [0.717, 1.165) is 32.7 Å². The molecule has 0 atom stereocenters.